The fourth-order valence-electron chi connectivity index (χ4n) is 3.20. The van der Waals surface area contributed by atoms with E-state index in [4.69, 9.17) is 11.6 Å². The van der Waals surface area contributed by atoms with Gasteiger partial charge in [-0.2, -0.15) is 5.10 Å². The van der Waals surface area contributed by atoms with Crippen molar-refractivity contribution in [3.63, 3.8) is 0 Å². The highest BCUT2D eigenvalue weighted by Gasteiger charge is 2.15. The summed E-state index contributed by atoms with van der Waals surface area (Å²) in [5.74, 6) is -0.278. The molecule has 148 valence electrons. The maximum Gasteiger partial charge on any atom is 0.272 e. The molecule has 2 N–H and O–H groups in total. The highest BCUT2D eigenvalue weighted by Crippen LogP contribution is 2.29. The van der Waals surface area contributed by atoms with Crippen LogP contribution in [0.1, 0.15) is 22.8 Å². The van der Waals surface area contributed by atoms with Gasteiger partial charge in [-0.05, 0) is 37.3 Å². The quantitative estimate of drug-likeness (QED) is 0.345. The average Bonchev–Trinajstić information content (AvgIpc) is 2.77. The predicted molar refractivity (Wildman–Crippen MR) is 120 cm³/mol. The van der Waals surface area contributed by atoms with Crippen LogP contribution in [-0.2, 0) is 0 Å². The van der Waals surface area contributed by atoms with Crippen LogP contribution in [0.2, 0.25) is 5.02 Å². The van der Waals surface area contributed by atoms with Gasteiger partial charge < -0.3 is 5.11 Å². The molecule has 0 saturated carbocycles. The number of benzene rings is 3. The second kappa shape index (κ2) is 8.35. The Morgan fingerprint density at radius 2 is 1.67 bits per heavy atom. The number of halogens is 1. The summed E-state index contributed by atoms with van der Waals surface area (Å²) < 4.78 is 0. The van der Waals surface area contributed by atoms with Crippen molar-refractivity contribution in [2.75, 3.05) is 0 Å². The fourth-order valence-corrected chi connectivity index (χ4v) is 3.44. The minimum absolute atomic E-state index is 0.100. The number of nitrogens with zero attached hydrogens (tertiary/aromatic N) is 2. The van der Waals surface area contributed by atoms with Crippen LogP contribution in [0.15, 0.2) is 84.0 Å². The van der Waals surface area contributed by atoms with Gasteiger partial charge in [0.1, 0.15) is 5.75 Å². The number of hydrogen-bond donors (Lipinski definition) is 2. The highest BCUT2D eigenvalue weighted by molar-refractivity contribution is 6.33. The molecule has 1 aromatic heterocycles. The maximum absolute atomic E-state index is 13.0. The van der Waals surface area contributed by atoms with Crippen LogP contribution in [0, 0.1) is 0 Å². The van der Waals surface area contributed by atoms with Gasteiger partial charge >= 0.3 is 0 Å². The summed E-state index contributed by atoms with van der Waals surface area (Å²) >= 11 is 6.34. The van der Waals surface area contributed by atoms with Crippen LogP contribution in [0.3, 0.4) is 0 Å². The summed E-state index contributed by atoms with van der Waals surface area (Å²) in [5.41, 5.74) is 6.09. The Morgan fingerprint density at radius 1 is 0.967 bits per heavy atom. The monoisotopic (exact) mass is 415 g/mol. The topological polar surface area (TPSA) is 74.6 Å². The second-order valence-electron chi connectivity index (χ2n) is 6.71. The minimum atomic E-state index is -0.378. The van der Waals surface area contributed by atoms with Gasteiger partial charge in [0.05, 0.1) is 22.5 Å². The Balaban J connectivity index is 1.74. The summed E-state index contributed by atoms with van der Waals surface area (Å²) in [6, 6.07) is 23.3. The van der Waals surface area contributed by atoms with E-state index >= 15 is 0 Å². The molecule has 3 aromatic carbocycles. The third-order valence-electron chi connectivity index (χ3n) is 4.73. The molecule has 4 aromatic rings. The molecule has 0 fully saturated rings. The molecule has 0 spiro atoms. The van der Waals surface area contributed by atoms with Gasteiger partial charge in [0.2, 0.25) is 0 Å². The molecular weight excluding hydrogens is 398 g/mol. The van der Waals surface area contributed by atoms with Crippen molar-refractivity contribution >= 4 is 34.1 Å². The highest BCUT2D eigenvalue weighted by atomic mass is 35.5. The van der Waals surface area contributed by atoms with Crippen LogP contribution in [0.4, 0.5) is 0 Å². The van der Waals surface area contributed by atoms with E-state index < -0.39 is 0 Å². The van der Waals surface area contributed by atoms with E-state index in [1.54, 1.807) is 43.3 Å². The number of rotatable bonds is 4. The van der Waals surface area contributed by atoms with Gasteiger partial charge in [-0.25, -0.2) is 10.4 Å². The molecule has 30 heavy (non-hydrogen) atoms. The number of hydrazone groups is 1. The SMILES string of the molecule is C/C(=N\NC(=O)c1cc(-c2ccccc2Cl)nc2ccccc12)c1ccccc1O. The lowest BCUT2D eigenvalue weighted by molar-refractivity contribution is 0.0956. The zero-order valence-corrected chi connectivity index (χ0v) is 16.9. The number of aromatic nitrogens is 1. The number of phenolic OH excluding ortho intramolecular Hbond substituents is 1. The van der Waals surface area contributed by atoms with Gasteiger partial charge in [0, 0.05) is 21.5 Å². The molecular formula is C24H18ClN3O2. The molecule has 0 radical (unpaired) electrons. The van der Waals surface area contributed by atoms with Crippen molar-refractivity contribution in [3.05, 3.63) is 95.0 Å². The van der Waals surface area contributed by atoms with Crippen LogP contribution in [0.25, 0.3) is 22.2 Å². The molecule has 1 amide bonds. The Hall–Kier alpha value is -3.70. The molecule has 0 unspecified atom stereocenters. The average molecular weight is 416 g/mol. The van der Waals surface area contributed by atoms with Crippen molar-refractivity contribution in [1.29, 1.82) is 0 Å². The fraction of sp³-hybridized carbons (Fsp3) is 0.0417. The van der Waals surface area contributed by atoms with E-state index in [9.17, 15) is 9.90 Å². The van der Waals surface area contributed by atoms with Gasteiger partial charge in [0.15, 0.2) is 0 Å². The summed E-state index contributed by atoms with van der Waals surface area (Å²) in [4.78, 5) is 17.7. The maximum atomic E-state index is 13.0. The number of para-hydroxylation sites is 2. The van der Waals surface area contributed by atoms with Crippen LogP contribution >= 0.6 is 11.6 Å². The third kappa shape index (κ3) is 3.88. The van der Waals surface area contributed by atoms with Crippen molar-refractivity contribution in [2.24, 2.45) is 5.10 Å². The Kier molecular flexibility index (Phi) is 5.46. The molecule has 0 atom stereocenters. The van der Waals surface area contributed by atoms with Crippen LogP contribution in [-0.4, -0.2) is 21.7 Å². The first kappa shape index (κ1) is 19.6. The number of pyridine rings is 1. The first-order valence-electron chi connectivity index (χ1n) is 9.32. The molecule has 0 saturated heterocycles. The molecule has 5 nitrogen and oxygen atoms in total. The zero-order valence-electron chi connectivity index (χ0n) is 16.1. The van der Waals surface area contributed by atoms with Gasteiger partial charge in [-0.15, -0.1) is 0 Å². The lowest BCUT2D eigenvalue weighted by atomic mass is 10.0. The van der Waals surface area contributed by atoms with Crippen LogP contribution in [0.5, 0.6) is 5.75 Å². The number of carbonyl (C=O) groups excluding carboxylic acids is 1. The molecule has 0 aliphatic carbocycles. The van der Waals surface area contributed by atoms with E-state index in [0.29, 0.717) is 38.5 Å². The summed E-state index contributed by atoms with van der Waals surface area (Å²) in [6.07, 6.45) is 0. The van der Waals surface area contributed by atoms with E-state index in [2.05, 4.69) is 15.5 Å². The predicted octanol–water partition coefficient (Wildman–Crippen LogP) is 5.41. The molecule has 4 rings (SSSR count). The molecule has 0 aliphatic heterocycles. The number of hydrogen-bond acceptors (Lipinski definition) is 4. The van der Waals surface area contributed by atoms with E-state index in [0.717, 1.165) is 5.56 Å². The van der Waals surface area contributed by atoms with E-state index in [1.807, 2.05) is 42.5 Å². The third-order valence-corrected chi connectivity index (χ3v) is 5.06. The zero-order chi connectivity index (χ0) is 21.1. The van der Waals surface area contributed by atoms with Crippen LogP contribution < -0.4 is 5.43 Å². The molecule has 6 heteroatoms. The number of phenols is 1. The summed E-state index contributed by atoms with van der Waals surface area (Å²) in [5, 5.41) is 15.4. The first-order valence-corrected chi connectivity index (χ1v) is 9.70. The molecule has 0 bridgehead atoms. The van der Waals surface area contributed by atoms with E-state index in [1.165, 1.54) is 0 Å². The second-order valence-corrected chi connectivity index (χ2v) is 7.11. The van der Waals surface area contributed by atoms with Gasteiger partial charge in [0.25, 0.3) is 5.91 Å². The smallest absolute Gasteiger partial charge is 0.272 e. The molecule has 0 aliphatic rings. The standard InChI is InChI=1S/C24H18ClN3O2/c1-15(16-8-4-7-13-23(16)29)27-28-24(30)19-14-22(18-10-2-5-11-20(18)25)26-21-12-6-3-9-17(19)21/h2-14,29H,1H3,(H,28,30)/b27-15+. The number of nitrogens with one attached hydrogen (secondary N) is 1. The Morgan fingerprint density at radius 3 is 2.47 bits per heavy atom. The van der Waals surface area contributed by atoms with Crippen molar-refractivity contribution < 1.29 is 9.90 Å². The minimum Gasteiger partial charge on any atom is -0.507 e. The number of amides is 1. The lowest BCUT2D eigenvalue weighted by Crippen LogP contribution is -2.20. The number of carbonyl (C=O) groups is 1. The Labute approximate surface area is 178 Å². The number of aromatic hydroxyl groups is 1. The largest absolute Gasteiger partial charge is 0.507 e. The van der Waals surface area contributed by atoms with Gasteiger partial charge in [-0.1, -0.05) is 60.1 Å². The number of fused-ring (bicyclic) bond motifs is 1. The van der Waals surface area contributed by atoms with Crippen molar-refractivity contribution in [2.45, 2.75) is 6.92 Å². The summed E-state index contributed by atoms with van der Waals surface area (Å²) in [6.45, 7) is 1.72. The normalized spacial score (nSPS) is 11.5. The van der Waals surface area contributed by atoms with Crippen molar-refractivity contribution in [1.82, 2.24) is 10.4 Å². The van der Waals surface area contributed by atoms with E-state index in [-0.39, 0.29) is 11.7 Å². The lowest BCUT2D eigenvalue weighted by Gasteiger charge is -2.10. The van der Waals surface area contributed by atoms with Crippen molar-refractivity contribution in [3.8, 4) is 17.0 Å². The molecule has 1 heterocycles. The van der Waals surface area contributed by atoms with Gasteiger partial charge in [-0.3, -0.25) is 4.79 Å². The Bertz CT molecular complexity index is 1280. The summed E-state index contributed by atoms with van der Waals surface area (Å²) in [7, 11) is 0. The first-order chi connectivity index (χ1) is 14.5.